The van der Waals surface area contributed by atoms with Gasteiger partial charge in [-0.25, -0.2) is 0 Å². The van der Waals surface area contributed by atoms with Crippen molar-refractivity contribution in [2.75, 3.05) is 18.2 Å². The first-order chi connectivity index (χ1) is 12.3. The SMILES string of the molecule is COc1ccc(C)cc1CSCC(=O)Nc1ccc(OC(F)(F)F)cc1. The number of amides is 1. The molecule has 0 spiro atoms. The zero-order chi connectivity index (χ0) is 19.2. The second-order valence-corrected chi connectivity index (χ2v) is 6.41. The summed E-state index contributed by atoms with van der Waals surface area (Å²) in [4.78, 5) is 12.0. The lowest BCUT2D eigenvalue weighted by Gasteiger charge is -2.11. The molecule has 2 aromatic rings. The second-order valence-electron chi connectivity index (χ2n) is 5.43. The van der Waals surface area contributed by atoms with Crippen LogP contribution in [0.15, 0.2) is 42.5 Å². The fourth-order valence-corrected chi connectivity index (χ4v) is 3.02. The summed E-state index contributed by atoms with van der Waals surface area (Å²) < 4.78 is 45.4. The first-order valence-electron chi connectivity index (χ1n) is 7.64. The zero-order valence-electron chi connectivity index (χ0n) is 14.2. The number of benzene rings is 2. The summed E-state index contributed by atoms with van der Waals surface area (Å²) in [5.41, 5.74) is 2.50. The number of rotatable bonds is 7. The van der Waals surface area contributed by atoms with Crippen molar-refractivity contribution in [3.05, 3.63) is 53.6 Å². The molecule has 2 rings (SSSR count). The summed E-state index contributed by atoms with van der Waals surface area (Å²) in [6, 6.07) is 10.8. The van der Waals surface area contributed by atoms with Gasteiger partial charge in [0.15, 0.2) is 0 Å². The van der Waals surface area contributed by atoms with E-state index in [4.69, 9.17) is 4.74 Å². The molecule has 0 aliphatic carbocycles. The van der Waals surface area contributed by atoms with E-state index in [1.807, 2.05) is 25.1 Å². The van der Waals surface area contributed by atoms with E-state index in [-0.39, 0.29) is 17.4 Å². The lowest BCUT2D eigenvalue weighted by molar-refractivity contribution is -0.274. The smallest absolute Gasteiger partial charge is 0.496 e. The number of carbonyl (C=O) groups excluding carboxylic acids is 1. The molecular formula is C18H18F3NO3S. The third-order valence-electron chi connectivity index (χ3n) is 3.30. The molecule has 2 aromatic carbocycles. The Bertz CT molecular complexity index is 748. The van der Waals surface area contributed by atoms with Gasteiger partial charge in [-0.1, -0.05) is 17.7 Å². The fraction of sp³-hybridized carbons (Fsp3) is 0.278. The predicted octanol–water partition coefficient (Wildman–Crippen LogP) is 4.77. The summed E-state index contributed by atoms with van der Waals surface area (Å²) in [5, 5.41) is 2.63. The number of hydrogen-bond donors (Lipinski definition) is 1. The van der Waals surface area contributed by atoms with Crippen LogP contribution in [0.3, 0.4) is 0 Å². The molecule has 8 heteroatoms. The van der Waals surface area contributed by atoms with Crippen molar-refractivity contribution in [2.45, 2.75) is 19.0 Å². The molecule has 0 aliphatic rings. The van der Waals surface area contributed by atoms with Gasteiger partial charge in [-0.3, -0.25) is 4.79 Å². The Morgan fingerprint density at radius 2 is 1.85 bits per heavy atom. The Labute approximate surface area is 153 Å². The van der Waals surface area contributed by atoms with Crippen LogP contribution in [0.1, 0.15) is 11.1 Å². The van der Waals surface area contributed by atoms with Gasteiger partial charge in [-0.15, -0.1) is 24.9 Å². The van der Waals surface area contributed by atoms with Crippen LogP contribution >= 0.6 is 11.8 Å². The minimum Gasteiger partial charge on any atom is -0.496 e. The first kappa shape index (κ1) is 20.0. The summed E-state index contributed by atoms with van der Waals surface area (Å²) in [6.45, 7) is 1.98. The molecule has 0 fully saturated rings. The quantitative estimate of drug-likeness (QED) is 0.746. The number of halogens is 3. The Morgan fingerprint density at radius 3 is 2.46 bits per heavy atom. The molecule has 1 amide bonds. The van der Waals surface area contributed by atoms with E-state index in [1.54, 1.807) is 7.11 Å². The third kappa shape index (κ3) is 6.51. The van der Waals surface area contributed by atoms with E-state index in [9.17, 15) is 18.0 Å². The van der Waals surface area contributed by atoms with Crippen molar-refractivity contribution in [3.63, 3.8) is 0 Å². The fourth-order valence-electron chi connectivity index (χ4n) is 2.21. The highest BCUT2D eigenvalue weighted by atomic mass is 32.2. The highest BCUT2D eigenvalue weighted by Crippen LogP contribution is 2.25. The molecule has 0 heterocycles. The number of thioether (sulfide) groups is 1. The molecule has 26 heavy (non-hydrogen) atoms. The lowest BCUT2D eigenvalue weighted by atomic mass is 10.1. The summed E-state index contributed by atoms with van der Waals surface area (Å²) >= 11 is 1.42. The van der Waals surface area contributed by atoms with Gasteiger partial charge in [0.05, 0.1) is 12.9 Å². The molecule has 0 bridgehead atoms. The maximum atomic E-state index is 12.1. The van der Waals surface area contributed by atoms with Crippen LogP contribution in [-0.2, 0) is 10.5 Å². The largest absolute Gasteiger partial charge is 0.573 e. The second kappa shape index (κ2) is 8.84. The molecule has 4 nitrogen and oxygen atoms in total. The van der Waals surface area contributed by atoms with Gasteiger partial charge in [0.25, 0.3) is 0 Å². The van der Waals surface area contributed by atoms with Crippen LogP contribution in [0.4, 0.5) is 18.9 Å². The number of anilines is 1. The average Bonchev–Trinajstić information content (AvgIpc) is 2.55. The van der Waals surface area contributed by atoms with Gasteiger partial charge in [-0.05, 0) is 37.3 Å². The summed E-state index contributed by atoms with van der Waals surface area (Å²) in [6.07, 6.45) is -4.74. The number of hydrogen-bond acceptors (Lipinski definition) is 4. The van der Waals surface area contributed by atoms with Crippen LogP contribution in [0.2, 0.25) is 0 Å². The maximum absolute atomic E-state index is 12.1. The molecule has 0 aromatic heterocycles. The van der Waals surface area contributed by atoms with Crippen LogP contribution in [0.25, 0.3) is 0 Å². The van der Waals surface area contributed by atoms with Crippen molar-refractivity contribution in [1.82, 2.24) is 0 Å². The van der Waals surface area contributed by atoms with E-state index < -0.39 is 6.36 Å². The zero-order valence-corrected chi connectivity index (χ0v) is 15.0. The number of ether oxygens (including phenoxy) is 2. The van der Waals surface area contributed by atoms with Crippen LogP contribution < -0.4 is 14.8 Å². The van der Waals surface area contributed by atoms with E-state index >= 15 is 0 Å². The topological polar surface area (TPSA) is 47.6 Å². The maximum Gasteiger partial charge on any atom is 0.573 e. The van der Waals surface area contributed by atoms with Crippen molar-refractivity contribution in [2.24, 2.45) is 0 Å². The average molecular weight is 385 g/mol. The van der Waals surface area contributed by atoms with Crippen LogP contribution in [-0.4, -0.2) is 25.1 Å². The molecule has 0 saturated heterocycles. The van der Waals surface area contributed by atoms with Crippen molar-refractivity contribution < 1.29 is 27.4 Å². The predicted molar refractivity (Wildman–Crippen MR) is 95.6 cm³/mol. The van der Waals surface area contributed by atoms with Gasteiger partial charge in [-0.2, -0.15) is 0 Å². The normalized spacial score (nSPS) is 11.1. The number of alkyl halides is 3. The lowest BCUT2D eigenvalue weighted by Crippen LogP contribution is -2.17. The minimum absolute atomic E-state index is 0.206. The molecule has 1 N–H and O–H groups in total. The standard InChI is InChI=1S/C18H18F3NO3S/c1-12-3-8-16(24-2)13(9-12)10-26-11-17(23)22-14-4-6-15(7-5-14)25-18(19,20)21/h3-9H,10-11H2,1-2H3,(H,22,23). The number of methoxy groups -OCH3 is 1. The molecule has 0 saturated carbocycles. The number of carbonyl (C=O) groups is 1. The minimum atomic E-state index is -4.74. The Hall–Kier alpha value is -2.35. The molecule has 0 atom stereocenters. The van der Waals surface area contributed by atoms with Crippen molar-refractivity contribution >= 4 is 23.4 Å². The van der Waals surface area contributed by atoms with Gasteiger partial charge in [0.1, 0.15) is 11.5 Å². The molecule has 0 aliphatic heterocycles. The van der Waals surface area contributed by atoms with Gasteiger partial charge >= 0.3 is 6.36 Å². The van der Waals surface area contributed by atoms with E-state index in [0.29, 0.717) is 11.4 Å². The number of nitrogens with one attached hydrogen (secondary N) is 1. The molecular weight excluding hydrogens is 367 g/mol. The van der Waals surface area contributed by atoms with E-state index in [2.05, 4.69) is 10.1 Å². The highest BCUT2D eigenvalue weighted by Gasteiger charge is 2.30. The van der Waals surface area contributed by atoms with Crippen molar-refractivity contribution in [3.8, 4) is 11.5 Å². The number of aryl methyl sites for hydroxylation is 1. The molecule has 0 unspecified atom stereocenters. The summed E-state index contributed by atoms with van der Waals surface area (Å²) in [7, 11) is 1.59. The van der Waals surface area contributed by atoms with Crippen LogP contribution in [0.5, 0.6) is 11.5 Å². The monoisotopic (exact) mass is 385 g/mol. The Morgan fingerprint density at radius 1 is 1.15 bits per heavy atom. The Balaban J connectivity index is 1.83. The highest BCUT2D eigenvalue weighted by molar-refractivity contribution is 7.99. The summed E-state index contributed by atoms with van der Waals surface area (Å²) in [5.74, 6) is 1.00. The molecule has 0 radical (unpaired) electrons. The first-order valence-corrected chi connectivity index (χ1v) is 8.79. The van der Waals surface area contributed by atoms with Gasteiger partial charge in [0, 0.05) is 17.0 Å². The van der Waals surface area contributed by atoms with Crippen molar-refractivity contribution in [1.29, 1.82) is 0 Å². The van der Waals surface area contributed by atoms with E-state index in [0.717, 1.165) is 29.0 Å². The van der Waals surface area contributed by atoms with Crippen LogP contribution in [0, 0.1) is 6.92 Å². The van der Waals surface area contributed by atoms with E-state index in [1.165, 1.54) is 23.9 Å². The Kier molecular flexibility index (Phi) is 6.79. The van der Waals surface area contributed by atoms with Gasteiger partial charge in [0.2, 0.25) is 5.91 Å². The van der Waals surface area contributed by atoms with Gasteiger partial charge < -0.3 is 14.8 Å². The molecule has 140 valence electrons. The third-order valence-corrected chi connectivity index (χ3v) is 4.28.